The minimum atomic E-state index is -4.66. The number of nitrogens with zero attached hydrogens (tertiary/aromatic N) is 3. The van der Waals surface area contributed by atoms with Crippen LogP contribution in [0.3, 0.4) is 0 Å². The summed E-state index contributed by atoms with van der Waals surface area (Å²) in [5.41, 5.74) is -4.54. The van der Waals surface area contributed by atoms with Gasteiger partial charge in [0.25, 0.3) is 5.91 Å². The minimum absolute atomic E-state index is 0.0543. The molecule has 55 heavy (non-hydrogen) atoms. The zero-order chi connectivity index (χ0) is 40.2. The Bertz CT molecular complexity index is 1790. The van der Waals surface area contributed by atoms with Crippen molar-refractivity contribution in [2.75, 3.05) is 26.2 Å². The van der Waals surface area contributed by atoms with Gasteiger partial charge in [0.1, 0.15) is 16.4 Å². The second-order valence-corrected chi connectivity index (χ2v) is 15.9. The van der Waals surface area contributed by atoms with E-state index in [9.17, 15) is 46.1 Å². The van der Waals surface area contributed by atoms with Gasteiger partial charge in [-0.15, -0.1) is 11.3 Å². The third-order valence-electron chi connectivity index (χ3n) is 10.7. The number of carbonyl (C=O) groups excluding carboxylic acids is 1. The van der Waals surface area contributed by atoms with Crippen molar-refractivity contribution in [2.45, 2.75) is 108 Å². The maximum absolute atomic E-state index is 14.9. The van der Waals surface area contributed by atoms with E-state index in [0.717, 1.165) is 24.5 Å². The normalized spacial score (nSPS) is 21.0. The van der Waals surface area contributed by atoms with Crippen LogP contribution in [0.25, 0.3) is 0 Å². The Morgan fingerprint density at radius 1 is 1.02 bits per heavy atom. The van der Waals surface area contributed by atoms with Crippen molar-refractivity contribution >= 4 is 23.2 Å². The number of halogens is 6. The number of alkyl halides is 6. The van der Waals surface area contributed by atoms with Crippen LogP contribution in [-0.2, 0) is 34.1 Å². The van der Waals surface area contributed by atoms with E-state index in [-0.39, 0.29) is 56.8 Å². The summed E-state index contributed by atoms with van der Waals surface area (Å²) < 4.78 is 95.6. The van der Waals surface area contributed by atoms with E-state index < -0.39 is 57.3 Å². The molecule has 3 aromatic rings. The number of para-hydroxylation sites is 1. The van der Waals surface area contributed by atoms with Gasteiger partial charge in [-0.1, -0.05) is 31.5 Å². The molecule has 1 amide bonds. The molecule has 2 N–H and O–H groups in total. The van der Waals surface area contributed by atoms with Gasteiger partial charge in [0, 0.05) is 49.0 Å². The van der Waals surface area contributed by atoms with Gasteiger partial charge < -0.3 is 24.6 Å². The number of ether oxygens (including phenoxy) is 2. The Kier molecular flexibility index (Phi) is 12.8. The highest BCUT2D eigenvalue weighted by Crippen LogP contribution is 2.44. The van der Waals surface area contributed by atoms with Crippen molar-refractivity contribution in [2.24, 2.45) is 5.41 Å². The molecule has 0 radical (unpaired) electrons. The zero-order valence-electron chi connectivity index (χ0n) is 31.0. The highest BCUT2D eigenvalue weighted by molar-refractivity contribution is 7.10. The van der Waals surface area contributed by atoms with Crippen molar-refractivity contribution in [3.63, 3.8) is 0 Å². The Balaban J connectivity index is 1.42. The molecule has 2 aliphatic rings. The number of pyridine rings is 1. The summed E-state index contributed by atoms with van der Waals surface area (Å²) in [5.74, 6) is -1.15. The van der Waals surface area contributed by atoms with Gasteiger partial charge in [-0.05, 0) is 83.0 Å². The number of carbonyl (C=O) groups is 2. The number of aliphatic carboxylic acids is 1. The van der Waals surface area contributed by atoms with Gasteiger partial charge in [0.2, 0.25) is 5.60 Å². The van der Waals surface area contributed by atoms with E-state index >= 15 is 0 Å². The largest absolute Gasteiger partial charge is 0.493 e. The molecule has 2 fully saturated rings. The van der Waals surface area contributed by atoms with Crippen LogP contribution in [0, 0.1) is 5.41 Å². The summed E-state index contributed by atoms with van der Waals surface area (Å²) in [7, 11) is 0. The number of carboxylic acid groups (broad SMARTS) is 1. The van der Waals surface area contributed by atoms with Crippen LogP contribution in [0.15, 0.2) is 54.2 Å². The first-order valence-corrected chi connectivity index (χ1v) is 19.2. The van der Waals surface area contributed by atoms with E-state index in [4.69, 9.17) is 9.47 Å². The lowest BCUT2D eigenvalue weighted by molar-refractivity contribution is -0.166. The zero-order valence-corrected chi connectivity index (χ0v) is 31.8. The van der Waals surface area contributed by atoms with Crippen LogP contribution in [-0.4, -0.2) is 74.8 Å². The number of likely N-dealkylation sites (tertiary alicyclic amines) is 2. The predicted octanol–water partition coefficient (Wildman–Crippen LogP) is 8.54. The van der Waals surface area contributed by atoms with Gasteiger partial charge in [0.05, 0.1) is 29.2 Å². The molecule has 9 nitrogen and oxygen atoms in total. The monoisotopic (exact) mass is 799 g/mol. The summed E-state index contributed by atoms with van der Waals surface area (Å²) in [6.45, 7) is 5.55. The molecule has 2 aliphatic heterocycles. The fraction of sp³-hybridized carbons (Fsp3) is 0.564. The van der Waals surface area contributed by atoms with Gasteiger partial charge in [-0.25, -0.2) is 0 Å². The first-order chi connectivity index (χ1) is 25.8. The number of hydrogen-bond acceptors (Lipinski definition) is 8. The van der Waals surface area contributed by atoms with Crippen molar-refractivity contribution in [1.82, 2.24) is 14.8 Å². The molecule has 0 saturated carbocycles. The molecule has 0 aliphatic carbocycles. The lowest BCUT2D eigenvalue weighted by atomic mass is 9.78. The van der Waals surface area contributed by atoms with Crippen LogP contribution >= 0.6 is 11.3 Å². The third kappa shape index (κ3) is 9.57. The van der Waals surface area contributed by atoms with E-state index in [1.165, 1.54) is 10.3 Å². The quantitative estimate of drug-likeness (QED) is 0.123. The van der Waals surface area contributed by atoms with Gasteiger partial charge >= 0.3 is 18.3 Å². The molecule has 1 aromatic carbocycles. The lowest BCUT2D eigenvalue weighted by Gasteiger charge is -2.51. The Morgan fingerprint density at radius 2 is 1.73 bits per heavy atom. The molecule has 5 rings (SSSR count). The SMILES string of the molecule is CCC[C@H]1N(Cc2cnccc2C(F)(F)F)CCC[C@@]1(Oc1csc(C(F)(F)F)c1)C(=O)N1CCC(O)(c2ccccc2OCCCC(C)(C)C(=O)O)CC1. The fourth-order valence-corrected chi connectivity index (χ4v) is 8.31. The van der Waals surface area contributed by atoms with E-state index in [2.05, 4.69) is 4.98 Å². The molecule has 0 bridgehead atoms. The maximum atomic E-state index is 14.9. The van der Waals surface area contributed by atoms with Gasteiger partial charge in [-0.3, -0.25) is 19.5 Å². The summed E-state index contributed by atoms with van der Waals surface area (Å²) in [4.78, 5) is 32.7. The summed E-state index contributed by atoms with van der Waals surface area (Å²) in [6.07, 6.45) is -4.87. The Hall–Kier alpha value is -3.89. The van der Waals surface area contributed by atoms with Gasteiger partial charge in [-0.2, -0.15) is 26.3 Å². The molecular weight excluding hydrogens is 752 g/mol. The molecule has 0 unspecified atom stereocenters. The van der Waals surface area contributed by atoms with Crippen LogP contribution in [0.2, 0.25) is 0 Å². The standard InChI is InChI=1S/C39H47F6N3O6S/c1-4-9-31-37(54-27-22-32(55-25-27)39(43,44)45,14-7-18-48(31)24-26-23-46-17-12-28(26)38(40,41)42)33(49)47-19-15-36(52,16-20-47)29-10-5-6-11-30(29)53-21-8-13-35(2,3)34(50)51/h5-6,10-12,17,22-23,25,31,52H,4,7-9,13-16,18-21,24H2,1-3H3,(H,50,51)/t31-,37+/m1/s1. The molecule has 2 atom stereocenters. The third-order valence-corrected chi connectivity index (χ3v) is 11.6. The van der Waals surface area contributed by atoms with Crippen LogP contribution in [0.4, 0.5) is 26.3 Å². The molecule has 16 heteroatoms. The number of hydrogen-bond donors (Lipinski definition) is 2. The predicted molar refractivity (Wildman–Crippen MR) is 193 cm³/mol. The molecule has 0 spiro atoms. The summed E-state index contributed by atoms with van der Waals surface area (Å²) in [6, 6.07) is 7.88. The Morgan fingerprint density at radius 3 is 2.36 bits per heavy atom. The van der Waals surface area contributed by atoms with Crippen molar-refractivity contribution in [3.8, 4) is 11.5 Å². The van der Waals surface area contributed by atoms with Crippen molar-refractivity contribution < 1.29 is 55.6 Å². The van der Waals surface area contributed by atoms with Crippen LogP contribution in [0.5, 0.6) is 11.5 Å². The fourth-order valence-electron chi connectivity index (χ4n) is 7.63. The van der Waals surface area contributed by atoms with Crippen LogP contribution in [0.1, 0.15) is 93.7 Å². The molecule has 4 heterocycles. The number of aromatic nitrogens is 1. The lowest BCUT2D eigenvalue weighted by Crippen LogP contribution is -2.67. The second kappa shape index (κ2) is 16.7. The van der Waals surface area contributed by atoms with E-state index in [1.54, 1.807) is 43.0 Å². The highest BCUT2D eigenvalue weighted by Gasteiger charge is 2.55. The molecule has 2 saturated heterocycles. The maximum Gasteiger partial charge on any atom is 0.425 e. The highest BCUT2D eigenvalue weighted by atomic mass is 32.1. The first kappa shape index (κ1) is 42.3. The summed E-state index contributed by atoms with van der Waals surface area (Å²) in [5, 5.41) is 22.6. The minimum Gasteiger partial charge on any atom is -0.493 e. The molecule has 302 valence electrons. The van der Waals surface area contributed by atoms with Crippen molar-refractivity contribution in [1.29, 1.82) is 0 Å². The number of rotatable bonds is 14. The number of aliphatic hydroxyl groups is 1. The Labute approximate surface area is 320 Å². The molecular formula is C39H47F6N3O6S. The number of benzene rings is 1. The van der Waals surface area contributed by atoms with Gasteiger partial charge in [0.15, 0.2) is 0 Å². The molecule has 2 aromatic heterocycles. The number of carboxylic acids is 1. The van der Waals surface area contributed by atoms with E-state index in [0.29, 0.717) is 61.3 Å². The van der Waals surface area contributed by atoms with Crippen LogP contribution < -0.4 is 9.47 Å². The van der Waals surface area contributed by atoms with Crippen molar-refractivity contribution in [3.05, 3.63) is 75.7 Å². The average Bonchev–Trinajstić information content (AvgIpc) is 3.61. The number of thiophene rings is 1. The summed E-state index contributed by atoms with van der Waals surface area (Å²) >= 11 is 0.429. The second-order valence-electron chi connectivity index (χ2n) is 15.0. The topological polar surface area (TPSA) is 112 Å². The number of piperidine rings is 2. The average molecular weight is 800 g/mol. The smallest absolute Gasteiger partial charge is 0.425 e. The van der Waals surface area contributed by atoms with E-state index in [1.807, 2.05) is 6.92 Å². The number of amides is 1. The first-order valence-electron chi connectivity index (χ1n) is 18.4.